The first-order valence-electron chi connectivity index (χ1n) is 10.4. The molecule has 1 aromatic heterocycles. The number of rotatable bonds is 5. The second kappa shape index (κ2) is 8.08. The van der Waals surface area contributed by atoms with Crippen LogP contribution in [0.25, 0.3) is 10.8 Å². The summed E-state index contributed by atoms with van der Waals surface area (Å²) in [6.07, 6.45) is -5.77. The highest BCUT2D eigenvalue weighted by Crippen LogP contribution is 2.54. The predicted molar refractivity (Wildman–Crippen MR) is 113 cm³/mol. The summed E-state index contributed by atoms with van der Waals surface area (Å²) < 4.78 is 60.8. The van der Waals surface area contributed by atoms with E-state index < -0.39 is 46.7 Å². The lowest BCUT2D eigenvalue weighted by molar-refractivity contribution is -0.257. The van der Waals surface area contributed by atoms with Gasteiger partial charge in [-0.3, -0.25) is 4.79 Å². The maximum absolute atomic E-state index is 14.1. The Labute approximate surface area is 190 Å². The molecule has 2 aromatic carbocycles. The number of alkyl halides is 3. The fourth-order valence-electron chi connectivity index (χ4n) is 4.43. The normalized spacial score (nSPS) is 17.1. The molecule has 1 fully saturated rings. The van der Waals surface area contributed by atoms with E-state index in [0.29, 0.717) is 6.42 Å². The molecule has 34 heavy (non-hydrogen) atoms. The number of phenolic OH excluding ortho intramolecular Hbond substituents is 1. The van der Waals surface area contributed by atoms with Gasteiger partial charge in [-0.25, -0.2) is 9.18 Å². The lowest BCUT2D eigenvalue weighted by atomic mass is 9.59. The predicted octanol–water partition coefficient (Wildman–Crippen LogP) is 4.09. The second-order valence-corrected chi connectivity index (χ2v) is 8.57. The van der Waals surface area contributed by atoms with Gasteiger partial charge in [-0.1, -0.05) is 23.7 Å². The Morgan fingerprint density at radius 2 is 1.91 bits per heavy atom. The van der Waals surface area contributed by atoms with Gasteiger partial charge in [0.05, 0.1) is 11.1 Å². The molecular formula is C23H20F4N2O5. The molecule has 1 atom stereocenters. The number of anilines is 1. The molecule has 3 N–H and O–H groups in total. The molecule has 180 valence electrons. The molecule has 0 bridgehead atoms. The Balaban J connectivity index is 1.71. The number of aromatic nitrogens is 1. The molecule has 4 rings (SSSR count). The van der Waals surface area contributed by atoms with Crippen LogP contribution in [0.5, 0.6) is 5.75 Å². The first kappa shape index (κ1) is 23.7. The van der Waals surface area contributed by atoms with Crippen molar-refractivity contribution in [2.45, 2.75) is 49.8 Å². The van der Waals surface area contributed by atoms with E-state index in [1.165, 1.54) is 37.3 Å². The number of aromatic hydroxyl groups is 1. The molecule has 1 amide bonds. The highest BCUT2D eigenvalue weighted by Gasteiger charge is 2.63. The lowest BCUT2D eigenvalue weighted by Crippen LogP contribution is -2.59. The van der Waals surface area contributed by atoms with Crippen molar-refractivity contribution < 1.29 is 37.1 Å². The molecule has 1 heterocycles. The van der Waals surface area contributed by atoms with Crippen molar-refractivity contribution in [3.8, 4) is 5.75 Å². The highest BCUT2D eigenvalue weighted by atomic mass is 19.4. The molecule has 11 heteroatoms. The smallest absolute Gasteiger partial charge is 0.426 e. The van der Waals surface area contributed by atoms with Gasteiger partial charge in [-0.15, -0.1) is 0 Å². The average molecular weight is 480 g/mol. The monoisotopic (exact) mass is 480 g/mol. The third-order valence-electron chi connectivity index (χ3n) is 6.46. The van der Waals surface area contributed by atoms with Crippen molar-refractivity contribution in [3.05, 3.63) is 63.9 Å². The molecule has 7 nitrogen and oxygen atoms in total. The summed E-state index contributed by atoms with van der Waals surface area (Å²) in [5, 5.41) is 26.9. The van der Waals surface area contributed by atoms with E-state index >= 15 is 0 Å². The van der Waals surface area contributed by atoms with E-state index in [4.69, 9.17) is 0 Å². The van der Waals surface area contributed by atoms with Gasteiger partial charge in [0.2, 0.25) is 5.60 Å². The lowest BCUT2D eigenvalue weighted by Gasteiger charge is -2.47. The molecule has 0 saturated heterocycles. The van der Waals surface area contributed by atoms with Crippen molar-refractivity contribution in [2.75, 3.05) is 5.32 Å². The molecule has 1 unspecified atom stereocenters. The molecular weight excluding hydrogens is 460 g/mol. The fourth-order valence-corrected chi connectivity index (χ4v) is 4.43. The molecule has 0 aliphatic heterocycles. The van der Waals surface area contributed by atoms with Gasteiger partial charge >= 0.3 is 11.8 Å². The third kappa shape index (κ3) is 3.79. The van der Waals surface area contributed by atoms with Gasteiger partial charge in [0.25, 0.3) is 5.91 Å². The minimum Gasteiger partial charge on any atom is -0.505 e. The number of benzene rings is 2. The zero-order valence-electron chi connectivity index (χ0n) is 17.9. The van der Waals surface area contributed by atoms with Crippen LogP contribution in [0.4, 0.5) is 23.2 Å². The zero-order chi connectivity index (χ0) is 24.9. The number of amides is 1. The first-order valence-corrected chi connectivity index (χ1v) is 10.4. The molecule has 1 aliphatic rings. The topological polar surface area (TPSA) is 113 Å². The average Bonchev–Trinajstić information content (AvgIpc) is 2.74. The highest BCUT2D eigenvalue weighted by molar-refractivity contribution is 6.00. The Morgan fingerprint density at radius 3 is 2.53 bits per heavy atom. The Bertz CT molecular complexity index is 1330. The van der Waals surface area contributed by atoms with Crippen LogP contribution in [0.1, 0.15) is 36.9 Å². The molecule has 0 radical (unpaired) electrons. The van der Waals surface area contributed by atoms with E-state index in [1.54, 1.807) is 0 Å². The van der Waals surface area contributed by atoms with Gasteiger partial charge < -0.3 is 20.1 Å². The number of hydrogen-bond acceptors (Lipinski definition) is 6. The van der Waals surface area contributed by atoms with Crippen LogP contribution in [0.3, 0.4) is 0 Å². The Kier molecular flexibility index (Phi) is 5.63. The van der Waals surface area contributed by atoms with Gasteiger partial charge in [-0.05, 0) is 44.0 Å². The number of nitrogens with one attached hydrogen (secondary N) is 1. The van der Waals surface area contributed by atoms with Crippen molar-refractivity contribution >= 4 is 22.4 Å². The maximum atomic E-state index is 14.1. The minimum atomic E-state index is -5.38. The SMILES string of the molecule is Cc1noc(=O)c2ccc(NC(=O)C(O)(CC3(c4cccc(F)c4O)CCC3)C(F)(F)F)cc12. The van der Waals surface area contributed by atoms with Crippen LogP contribution >= 0.6 is 0 Å². The van der Waals surface area contributed by atoms with Crippen molar-refractivity contribution in [2.24, 2.45) is 0 Å². The van der Waals surface area contributed by atoms with Gasteiger partial charge in [0.1, 0.15) is 0 Å². The minimum absolute atomic E-state index is 0.0895. The van der Waals surface area contributed by atoms with E-state index in [9.17, 15) is 37.4 Å². The van der Waals surface area contributed by atoms with Crippen molar-refractivity contribution in [1.82, 2.24) is 5.16 Å². The first-order chi connectivity index (χ1) is 15.9. The largest absolute Gasteiger partial charge is 0.505 e. The van der Waals surface area contributed by atoms with E-state index in [-0.39, 0.29) is 40.6 Å². The van der Waals surface area contributed by atoms with Crippen LogP contribution in [0.15, 0.2) is 45.7 Å². The molecule has 0 spiro atoms. The van der Waals surface area contributed by atoms with Gasteiger partial charge in [-0.2, -0.15) is 13.2 Å². The van der Waals surface area contributed by atoms with Gasteiger partial charge in [0.15, 0.2) is 11.6 Å². The standard InChI is InChI=1S/C23H20F4N2O5/c1-12-15-10-13(6-7-14(15)19(31)34-29-12)28-20(32)22(33,23(25,26)27)11-21(8-3-9-21)16-4-2-5-17(24)18(16)30/h2,4-7,10,30,33H,3,8-9,11H2,1H3,(H,28,32). The Morgan fingerprint density at radius 1 is 1.21 bits per heavy atom. The number of hydrogen-bond donors (Lipinski definition) is 3. The number of fused-ring (bicyclic) bond motifs is 1. The van der Waals surface area contributed by atoms with Crippen LogP contribution in [-0.4, -0.2) is 33.1 Å². The summed E-state index contributed by atoms with van der Waals surface area (Å²) >= 11 is 0. The van der Waals surface area contributed by atoms with Crippen molar-refractivity contribution in [1.29, 1.82) is 0 Å². The summed E-state index contributed by atoms with van der Waals surface area (Å²) in [7, 11) is 0. The number of nitrogens with zero attached hydrogens (tertiary/aromatic N) is 1. The maximum Gasteiger partial charge on any atom is 0.426 e. The van der Waals surface area contributed by atoms with Crippen LogP contribution in [0, 0.1) is 12.7 Å². The number of carbonyl (C=O) groups excluding carboxylic acids is 1. The van der Waals surface area contributed by atoms with E-state index in [0.717, 1.165) is 6.07 Å². The second-order valence-electron chi connectivity index (χ2n) is 8.57. The summed E-state index contributed by atoms with van der Waals surface area (Å²) in [6, 6.07) is 7.21. The van der Waals surface area contributed by atoms with Crippen LogP contribution in [-0.2, 0) is 10.2 Å². The number of carbonyl (C=O) groups is 1. The Hall–Kier alpha value is -3.47. The van der Waals surface area contributed by atoms with Crippen molar-refractivity contribution in [3.63, 3.8) is 0 Å². The van der Waals surface area contributed by atoms with Crippen LogP contribution in [0.2, 0.25) is 0 Å². The van der Waals surface area contributed by atoms with Crippen LogP contribution < -0.4 is 10.9 Å². The summed E-state index contributed by atoms with van der Waals surface area (Å²) in [5.41, 5.74) is -5.97. The fraction of sp³-hybridized carbons (Fsp3) is 0.348. The number of phenols is 1. The molecule has 1 aliphatic carbocycles. The third-order valence-corrected chi connectivity index (χ3v) is 6.46. The molecule has 3 aromatic rings. The quantitative estimate of drug-likeness (QED) is 0.475. The van der Waals surface area contributed by atoms with Gasteiger partial charge in [0, 0.05) is 28.5 Å². The van der Waals surface area contributed by atoms with E-state index in [1.807, 2.05) is 0 Å². The zero-order valence-corrected chi connectivity index (χ0v) is 17.9. The molecule has 1 saturated carbocycles. The summed E-state index contributed by atoms with van der Waals surface area (Å²) in [5.74, 6) is -3.55. The van der Waals surface area contributed by atoms with E-state index in [2.05, 4.69) is 15.0 Å². The number of halogens is 4. The number of para-hydroxylation sites is 1. The summed E-state index contributed by atoms with van der Waals surface area (Å²) in [4.78, 5) is 24.6. The number of aliphatic hydroxyl groups is 1. The number of aryl methyl sites for hydroxylation is 1. The summed E-state index contributed by atoms with van der Waals surface area (Å²) in [6.45, 7) is 1.51.